The Bertz CT molecular complexity index is 428. The first kappa shape index (κ1) is 14.9. The lowest BCUT2D eigenvalue weighted by Crippen LogP contribution is -2.41. The molecule has 1 atom stereocenters. The van der Waals surface area contributed by atoms with Gasteiger partial charge in [0.1, 0.15) is 0 Å². The van der Waals surface area contributed by atoms with Gasteiger partial charge in [-0.3, -0.25) is 0 Å². The van der Waals surface area contributed by atoms with Gasteiger partial charge in [0.05, 0.1) is 11.6 Å². The lowest BCUT2D eigenvalue weighted by molar-refractivity contribution is 0.464. The molecule has 5 nitrogen and oxygen atoms in total. The minimum Gasteiger partial charge on any atom is -0.314 e. The Morgan fingerprint density at radius 3 is 2.40 bits per heavy atom. The monoisotopic (exact) mass is 273 g/mol. The summed E-state index contributed by atoms with van der Waals surface area (Å²) in [5.74, 6) is 0. The average Bonchev–Trinajstić information content (AvgIpc) is 2.48. The van der Waals surface area contributed by atoms with E-state index in [1.807, 2.05) is 18.2 Å². The van der Waals surface area contributed by atoms with Crippen LogP contribution in [0.4, 0.5) is 0 Å². The Kier molecular flexibility index (Phi) is 6.48. The molecule has 1 heterocycles. The molecule has 0 spiro atoms. The van der Waals surface area contributed by atoms with Gasteiger partial charge in [-0.15, -0.1) is 0 Å². The Hall–Kier alpha value is -1.45. The lowest BCUT2D eigenvalue weighted by atomic mass is 10.0. The van der Waals surface area contributed by atoms with Crippen LogP contribution in [-0.4, -0.2) is 45.8 Å². The van der Waals surface area contributed by atoms with Crippen LogP contribution < -0.4 is 21.3 Å². The molecule has 0 aliphatic carbocycles. The SMILES string of the molecule is N#Cc1cccc(C2CNCCNCCNCCN2)c1. The van der Waals surface area contributed by atoms with E-state index in [0.29, 0.717) is 0 Å². The Labute approximate surface area is 120 Å². The number of hydrogen-bond acceptors (Lipinski definition) is 5. The third-order valence-electron chi connectivity index (χ3n) is 3.42. The molecule has 1 saturated heterocycles. The molecule has 0 saturated carbocycles. The van der Waals surface area contributed by atoms with E-state index in [1.165, 1.54) is 5.56 Å². The van der Waals surface area contributed by atoms with E-state index in [9.17, 15) is 0 Å². The normalized spacial score (nSPS) is 22.2. The van der Waals surface area contributed by atoms with E-state index in [2.05, 4.69) is 33.4 Å². The van der Waals surface area contributed by atoms with Gasteiger partial charge in [-0.1, -0.05) is 12.1 Å². The van der Waals surface area contributed by atoms with Crippen LogP contribution in [0.25, 0.3) is 0 Å². The van der Waals surface area contributed by atoms with Crippen LogP contribution in [0.1, 0.15) is 17.2 Å². The van der Waals surface area contributed by atoms with Crippen LogP contribution in [0.2, 0.25) is 0 Å². The highest BCUT2D eigenvalue weighted by Gasteiger charge is 2.11. The molecule has 1 aromatic carbocycles. The highest BCUT2D eigenvalue weighted by atomic mass is 15.0. The van der Waals surface area contributed by atoms with Gasteiger partial charge in [-0.05, 0) is 17.7 Å². The van der Waals surface area contributed by atoms with E-state index in [-0.39, 0.29) is 6.04 Å². The molecule has 1 aliphatic rings. The van der Waals surface area contributed by atoms with Crippen molar-refractivity contribution in [2.45, 2.75) is 6.04 Å². The van der Waals surface area contributed by atoms with Crippen LogP contribution in [0.3, 0.4) is 0 Å². The maximum atomic E-state index is 9.01. The summed E-state index contributed by atoms with van der Waals surface area (Å²) in [6.45, 7) is 6.68. The van der Waals surface area contributed by atoms with Gasteiger partial charge >= 0.3 is 0 Å². The number of nitrogens with zero attached hydrogens (tertiary/aromatic N) is 1. The first-order valence-electron chi connectivity index (χ1n) is 7.26. The van der Waals surface area contributed by atoms with Gasteiger partial charge in [-0.2, -0.15) is 5.26 Å². The fourth-order valence-electron chi connectivity index (χ4n) is 2.32. The molecule has 20 heavy (non-hydrogen) atoms. The smallest absolute Gasteiger partial charge is 0.0991 e. The van der Waals surface area contributed by atoms with E-state index >= 15 is 0 Å². The third-order valence-corrected chi connectivity index (χ3v) is 3.42. The molecule has 1 fully saturated rings. The molecule has 1 aliphatic heterocycles. The van der Waals surface area contributed by atoms with Crippen molar-refractivity contribution in [2.75, 3.05) is 45.8 Å². The first-order valence-corrected chi connectivity index (χ1v) is 7.26. The van der Waals surface area contributed by atoms with Crippen molar-refractivity contribution in [1.82, 2.24) is 21.3 Å². The molecule has 4 N–H and O–H groups in total. The van der Waals surface area contributed by atoms with Crippen molar-refractivity contribution in [3.63, 3.8) is 0 Å². The molecule has 0 bridgehead atoms. The zero-order valence-corrected chi connectivity index (χ0v) is 11.8. The summed E-state index contributed by atoms with van der Waals surface area (Å²) in [5.41, 5.74) is 1.89. The number of benzene rings is 1. The second-order valence-electron chi connectivity index (χ2n) is 4.95. The zero-order valence-electron chi connectivity index (χ0n) is 11.8. The van der Waals surface area contributed by atoms with E-state index in [1.54, 1.807) is 0 Å². The number of nitrogens with one attached hydrogen (secondary N) is 4. The fraction of sp³-hybridized carbons (Fsp3) is 0.533. The zero-order chi connectivity index (χ0) is 14.0. The minimum atomic E-state index is 0.240. The number of hydrogen-bond donors (Lipinski definition) is 4. The Balaban J connectivity index is 1.99. The maximum Gasteiger partial charge on any atom is 0.0991 e. The molecule has 5 heteroatoms. The van der Waals surface area contributed by atoms with Gasteiger partial charge in [0.25, 0.3) is 0 Å². The van der Waals surface area contributed by atoms with Crippen molar-refractivity contribution in [3.8, 4) is 6.07 Å². The van der Waals surface area contributed by atoms with Crippen LogP contribution in [0.5, 0.6) is 0 Å². The molecule has 0 amide bonds. The largest absolute Gasteiger partial charge is 0.314 e. The predicted octanol–water partition coefficient (Wildman–Crippen LogP) is -0.0286. The summed E-state index contributed by atoms with van der Waals surface area (Å²) in [5, 5.41) is 22.8. The maximum absolute atomic E-state index is 9.01. The molecule has 0 radical (unpaired) electrons. The topological polar surface area (TPSA) is 71.9 Å². The highest BCUT2D eigenvalue weighted by Crippen LogP contribution is 2.13. The van der Waals surface area contributed by atoms with Gasteiger partial charge < -0.3 is 21.3 Å². The summed E-state index contributed by atoms with van der Waals surface area (Å²) in [6, 6.07) is 10.3. The van der Waals surface area contributed by atoms with Crippen LogP contribution >= 0.6 is 0 Å². The summed E-state index contributed by atoms with van der Waals surface area (Å²) < 4.78 is 0. The molecule has 2 rings (SSSR count). The average molecular weight is 273 g/mol. The second kappa shape index (κ2) is 8.67. The lowest BCUT2D eigenvalue weighted by Gasteiger charge is -2.21. The van der Waals surface area contributed by atoms with Gasteiger partial charge in [-0.25, -0.2) is 0 Å². The van der Waals surface area contributed by atoms with Crippen molar-refractivity contribution in [1.29, 1.82) is 5.26 Å². The van der Waals surface area contributed by atoms with Crippen molar-refractivity contribution < 1.29 is 0 Å². The minimum absolute atomic E-state index is 0.240. The van der Waals surface area contributed by atoms with E-state index < -0.39 is 0 Å². The molecule has 108 valence electrons. The third kappa shape index (κ3) is 4.91. The second-order valence-corrected chi connectivity index (χ2v) is 4.95. The first-order chi connectivity index (χ1) is 9.90. The van der Waals surface area contributed by atoms with E-state index in [0.717, 1.165) is 51.4 Å². The quantitative estimate of drug-likeness (QED) is 0.578. The fourth-order valence-corrected chi connectivity index (χ4v) is 2.32. The molecular formula is C15H23N5. The summed E-state index contributed by atoms with van der Waals surface area (Å²) in [4.78, 5) is 0. The van der Waals surface area contributed by atoms with Crippen molar-refractivity contribution in [2.24, 2.45) is 0 Å². The Morgan fingerprint density at radius 1 is 0.950 bits per heavy atom. The molecule has 1 aromatic rings. The molecule has 1 unspecified atom stereocenters. The summed E-state index contributed by atoms with van der Waals surface area (Å²) in [6.07, 6.45) is 0. The number of rotatable bonds is 1. The highest BCUT2D eigenvalue weighted by molar-refractivity contribution is 5.34. The van der Waals surface area contributed by atoms with Gasteiger partial charge in [0, 0.05) is 51.9 Å². The standard InChI is InChI=1S/C15H23N5/c16-11-13-2-1-3-14(10-13)15-12-19-7-6-17-4-5-18-8-9-20-15/h1-3,10,15,17-20H,4-9,12H2. The van der Waals surface area contributed by atoms with Crippen LogP contribution in [0.15, 0.2) is 24.3 Å². The van der Waals surface area contributed by atoms with Crippen molar-refractivity contribution >= 4 is 0 Å². The predicted molar refractivity (Wildman–Crippen MR) is 80.5 cm³/mol. The van der Waals surface area contributed by atoms with Gasteiger partial charge in [0.2, 0.25) is 0 Å². The Morgan fingerprint density at radius 2 is 1.65 bits per heavy atom. The van der Waals surface area contributed by atoms with Crippen LogP contribution in [0, 0.1) is 11.3 Å². The van der Waals surface area contributed by atoms with E-state index in [4.69, 9.17) is 5.26 Å². The van der Waals surface area contributed by atoms with Crippen LogP contribution in [-0.2, 0) is 0 Å². The molecular weight excluding hydrogens is 250 g/mol. The van der Waals surface area contributed by atoms with Gasteiger partial charge in [0.15, 0.2) is 0 Å². The summed E-state index contributed by atoms with van der Waals surface area (Å²) >= 11 is 0. The van der Waals surface area contributed by atoms with Crippen molar-refractivity contribution in [3.05, 3.63) is 35.4 Å². The number of nitriles is 1. The molecule has 0 aromatic heterocycles. The summed E-state index contributed by atoms with van der Waals surface area (Å²) in [7, 11) is 0.